The lowest BCUT2D eigenvalue weighted by atomic mass is 9.92. The smallest absolute Gasteiger partial charge is 0.407 e. The molecular formula is C28H44N8O6. The van der Waals surface area contributed by atoms with Gasteiger partial charge in [-0.05, 0) is 50.3 Å². The van der Waals surface area contributed by atoms with Crippen LogP contribution < -0.4 is 16.4 Å². The van der Waals surface area contributed by atoms with E-state index in [1.165, 1.54) is 22.6 Å². The first-order chi connectivity index (χ1) is 20.1. The van der Waals surface area contributed by atoms with Crippen molar-refractivity contribution < 1.29 is 29.4 Å². The van der Waals surface area contributed by atoms with E-state index in [1.807, 2.05) is 4.90 Å². The Kier molecular flexibility index (Phi) is 12.7. The summed E-state index contributed by atoms with van der Waals surface area (Å²) in [5.41, 5.74) is 6.92. The summed E-state index contributed by atoms with van der Waals surface area (Å²) in [6.07, 6.45) is 3.33. The zero-order chi connectivity index (χ0) is 30.5. The molecule has 1 aromatic carbocycles. The summed E-state index contributed by atoms with van der Waals surface area (Å²) < 4.78 is 0. The van der Waals surface area contributed by atoms with Gasteiger partial charge in [-0.1, -0.05) is 24.3 Å². The second-order valence-corrected chi connectivity index (χ2v) is 10.8. The molecular weight excluding hydrogens is 544 g/mol. The highest BCUT2D eigenvalue weighted by molar-refractivity contribution is 5.94. The van der Waals surface area contributed by atoms with Gasteiger partial charge < -0.3 is 46.2 Å². The fraction of sp³-hybridized carbons (Fsp3) is 0.607. The van der Waals surface area contributed by atoms with E-state index in [0.717, 1.165) is 37.4 Å². The highest BCUT2D eigenvalue weighted by atomic mass is 16.4. The fourth-order valence-electron chi connectivity index (χ4n) is 5.21. The molecule has 3 aliphatic rings. The van der Waals surface area contributed by atoms with Crippen LogP contribution in [-0.2, 0) is 11.3 Å². The molecule has 0 aromatic heterocycles. The molecule has 14 heteroatoms. The Labute approximate surface area is 246 Å². The van der Waals surface area contributed by atoms with Crippen LogP contribution in [0.1, 0.15) is 43.2 Å². The lowest BCUT2D eigenvalue weighted by molar-refractivity contribution is -0.132. The standard InChI is InChI=1S/C14H19N5O3.C14H25N3O3/c15-12(16)11-3-1-10(2-4-11)9-17-13(20)18-5-7-19(8-6-18)14(21)22;18-13(3-1-2-12-4-6-15-7-5-12)16-8-10-17(11-9-16)14(19)20/h1-4H,5-9H2,(H3,15,16)(H,17,20)(H,21,22);12,15H,1-11H2,(H,19,20). The summed E-state index contributed by atoms with van der Waals surface area (Å²) >= 11 is 0. The van der Waals surface area contributed by atoms with Gasteiger partial charge in [0.2, 0.25) is 5.91 Å². The number of amides is 5. The number of carbonyl (C=O) groups excluding carboxylic acids is 2. The van der Waals surface area contributed by atoms with Crippen molar-refractivity contribution in [2.75, 3.05) is 65.4 Å². The van der Waals surface area contributed by atoms with Gasteiger partial charge in [0.25, 0.3) is 0 Å². The Balaban J connectivity index is 0.000000231. The number of benzene rings is 1. The monoisotopic (exact) mass is 588 g/mol. The first-order valence-corrected chi connectivity index (χ1v) is 14.5. The van der Waals surface area contributed by atoms with Crippen LogP contribution in [0.15, 0.2) is 24.3 Å². The van der Waals surface area contributed by atoms with Crippen LogP contribution in [0, 0.1) is 11.3 Å². The zero-order valence-corrected chi connectivity index (χ0v) is 24.1. The van der Waals surface area contributed by atoms with Crippen LogP contribution in [-0.4, -0.2) is 125 Å². The van der Waals surface area contributed by atoms with Crippen molar-refractivity contribution in [2.45, 2.75) is 38.6 Å². The normalized spacial score (nSPS) is 17.6. The quantitative estimate of drug-likeness (QED) is 0.203. The maximum absolute atomic E-state index is 12.1. The molecule has 3 saturated heterocycles. The third-order valence-electron chi connectivity index (χ3n) is 7.91. The number of nitrogen functional groups attached to an aromatic ring is 1. The van der Waals surface area contributed by atoms with Crippen molar-refractivity contribution in [3.63, 3.8) is 0 Å². The number of nitrogens with one attached hydrogen (secondary N) is 3. The summed E-state index contributed by atoms with van der Waals surface area (Å²) in [6.45, 7) is 5.98. The summed E-state index contributed by atoms with van der Waals surface area (Å²) in [4.78, 5) is 51.8. The van der Waals surface area contributed by atoms with Gasteiger partial charge in [-0.3, -0.25) is 10.2 Å². The molecule has 0 spiro atoms. The molecule has 0 unspecified atom stereocenters. The highest BCUT2D eigenvalue weighted by Crippen LogP contribution is 2.19. The average molecular weight is 589 g/mol. The number of nitrogens with two attached hydrogens (primary N) is 1. The number of piperidine rings is 1. The molecule has 0 atom stereocenters. The topological polar surface area (TPSA) is 196 Å². The minimum Gasteiger partial charge on any atom is -0.465 e. The van der Waals surface area contributed by atoms with Crippen molar-refractivity contribution in [1.29, 1.82) is 5.41 Å². The Morgan fingerprint density at radius 1 is 0.833 bits per heavy atom. The number of piperazine rings is 2. The highest BCUT2D eigenvalue weighted by Gasteiger charge is 2.24. The van der Waals surface area contributed by atoms with Crippen LogP contribution in [0.3, 0.4) is 0 Å². The van der Waals surface area contributed by atoms with Crippen molar-refractivity contribution >= 4 is 30.0 Å². The van der Waals surface area contributed by atoms with E-state index in [4.69, 9.17) is 21.4 Å². The van der Waals surface area contributed by atoms with E-state index in [-0.39, 0.29) is 17.8 Å². The van der Waals surface area contributed by atoms with E-state index in [9.17, 15) is 19.2 Å². The second kappa shape index (κ2) is 16.4. The molecule has 42 heavy (non-hydrogen) atoms. The number of carbonyl (C=O) groups is 4. The van der Waals surface area contributed by atoms with Gasteiger partial charge in [-0.15, -0.1) is 0 Å². The molecule has 0 bridgehead atoms. The number of nitrogens with zero attached hydrogens (tertiary/aromatic N) is 4. The molecule has 3 aliphatic heterocycles. The van der Waals surface area contributed by atoms with Crippen LogP contribution in [0.4, 0.5) is 14.4 Å². The second-order valence-electron chi connectivity index (χ2n) is 10.8. The molecule has 232 valence electrons. The van der Waals surface area contributed by atoms with Gasteiger partial charge in [0.05, 0.1) is 0 Å². The van der Waals surface area contributed by atoms with Crippen molar-refractivity contribution in [2.24, 2.45) is 11.7 Å². The molecule has 1 aromatic rings. The first kappa shape index (κ1) is 32.4. The van der Waals surface area contributed by atoms with Crippen LogP contribution in [0.25, 0.3) is 0 Å². The minimum atomic E-state index is -0.953. The summed E-state index contributed by atoms with van der Waals surface area (Å²) in [6, 6.07) is 6.87. The Morgan fingerprint density at radius 2 is 1.33 bits per heavy atom. The van der Waals surface area contributed by atoms with E-state index in [1.54, 1.807) is 29.2 Å². The Morgan fingerprint density at radius 3 is 1.83 bits per heavy atom. The number of hydrogen-bond donors (Lipinski definition) is 6. The lowest BCUT2D eigenvalue weighted by Gasteiger charge is -2.33. The van der Waals surface area contributed by atoms with Crippen LogP contribution >= 0.6 is 0 Å². The molecule has 3 fully saturated rings. The Hall–Kier alpha value is -4.07. The summed E-state index contributed by atoms with van der Waals surface area (Å²) in [5.74, 6) is 0.962. The van der Waals surface area contributed by atoms with E-state index in [0.29, 0.717) is 70.9 Å². The molecule has 0 saturated carbocycles. The lowest BCUT2D eigenvalue weighted by Crippen LogP contribution is -2.52. The molecule has 14 nitrogen and oxygen atoms in total. The van der Waals surface area contributed by atoms with Crippen LogP contribution in [0.2, 0.25) is 0 Å². The third-order valence-corrected chi connectivity index (χ3v) is 7.91. The van der Waals surface area contributed by atoms with Crippen molar-refractivity contribution in [3.8, 4) is 0 Å². The Bertz CT molecular complexity index is 1060. The van der Waals surface area contributed by atoms with Gasteiger partial charge in [0.15, 0.2) is 0 Å². The zero-order valence-electron chi connectivity index (χ0n) is 24.1. The molecule has 0 radical (unpaired) electrons. The fourth-order valence-corrected chi connectivity index (χ4v) is 5.21. The SMILES string of the molecule is N=C(N)c1ccc(CNC(=O)N2CCN(C(=O)O)CC2)cc1.O=C(O)N1CCN(C(=O)CCCC2CCNCC2)CC1. The number of amidine groups is 1. The average Bonchev–Trinajstić information content (AvgIpc) is 3.01. The summed E-state index contributed by atoms with van der Waals surface area (Å²) in [7, 11) is 0. The maximum Gasteiger partial charge on any atom is 0.407 e. The molecule has 7 N–H and O–H groups in total. The van der Waals surface area contributed by atoms with E-state index >= 15 is 0 Å². The predicted molar refractivity (Wildman–Crippen MR) is 156 cm³/mol. The number of urea groups is 1. The van der Waals surface area contributed by atoms with Crippen molar-refractivity contribution in [1.82, 2.24) is 30.2 Å². The molecule has 3 heterocycles. The van der Waals surface area contributed by atoms with E-state index in [2.05, 4.69) is 10.6 Å². The minimum absolute atomic E-state index is 0.00638. The third kappa shape index (κ3) is 10.4. The van der Waals surface area contributed by atoms with Gasteiger partial charge in [-0.2, -0.15) is 0 Å². The van der Waals surface area contributed by atoms with E-state index < -0.39 is 12.2 Å². The van der Waals surface area contributed by atoms with Crippen molar-refractivity contribution in [3.05, 3.63) is 35.4 Å². The van der Waals surface area contributed by atoms with Gasteiger partial charge in [0.1, 0.15) is 5.84 Å². The number of carboxylic acid groups (broad SMARTS) is 2. The maximum atomic E-state index is 12.1. The van der Waals surface area contributed by atoms with Gasteiger partial charge >= 0.3 is 18.2 Å². The molecule has 0 aliphatic carbocycles. The van der Waals surface area contributed by atoms with Gasteiger partial charge in [0, 0.05) is 70.9 Å². The number of hydrogen-bond acceptors (Lipinski definition) is 6. The van der Waals surface area contributed by atoms with Gasteiger partial charge in [-0.25, -0.2) is 14.4 Å². The van der Waals surface area contributed by atoms with Crippen LogP contribution in [0.5, 0.6) is 0 Å². The largest absolute Gasteiger partial charge is 0.465 e. The first-order valence-electron chi connectivity index (χ1n) is 14.5. The summed E-state index contributed by atoms with van der Waals surface area (Å²) in [5, 5.41) is 31.2. The molecule has 5 amide bonds. The number of rotatable bonds is 7. The molecule has 4 rings (SSSR count). The predicted octanol–water partition coefficient (Wildman–Crippen LogP) is 1.45.